The monoisotopic (exact) mass is 579 g/mol. The van der Waals surface area contributed by atoms with Crippen LogP contribution in [0.25, 0.3) is 0 Å². The van der Waals surface area contributed by atoms with Gasteiger partial charge >= 0.3 is 6.18 Å². The Morgan fingerprint density at radius 3 is 2.55 bits per heavy atom. The minimum atomic E-state index is -4.44. The molecule has 2 saturated heterocycles. The van der Waals surface area contributed by atoms with Crippen LogP contribution in [0.4, 0.5) is 29.1 Å². The van der Waals surface area contributed by atoms with Gasteiger partial charge in [-0.05, 0) is 62.8 Å². The average molecular weight is 580 g/mol. The van der Waals surface area contributed by atoms with Gasteiger partial charge in [-0.2, -0.15) is 18.3 Å². The maximum absolute atomic E-state index is 14.4. The van der Waals surface area contributed by atoms with Gasteiger partial charge in [-0.25, -0.2) is 9.07 Å². The van der Waals surface area contributed by atoms with Crippen LogP contribution in [-0.2, 0) is 17.5 Å². The molecule has 216 valence electrons. The molecule has 5 rings (SSSR count). The van der Waals surface area contributed by atoms with Gasteiger partial charge in [0.2, 0.25) is 0 Å². The highest BCUT2D eigenvalue weighted by Crippen LogP contribution is 2.34. The molecular weight excluding hydrogens is 546 g/mol. The van der Waals surface area contributed by atoms with Crippen molar-refractivity contribution in [2.24, 2.45) is 0 Å². The van der Waals surface area contributed by atoms with Gasteiger partial charge in [0.1, 0.15) is 12.0 Å². The van der Waals surface area contributed by atoms with E-state index in [-0.39, 0.29) is 36.2 Å². The van der Waals surface area contributed by atoms with Crippen molar-refractivity contribution in [3.8, 4) is 0 Å². The lowest BCUT2D eigenvalue weighted by atomic mass is 10.0. The molecular formula is C29H34ClF4N5O. The Labute approximate surface area is 236 Å². The second-order valence-corrected chi connectivity index (χ2v) is 10.9. The number of nitrogens with zero attached hydrogens (tertiary/aromatic N) is 3. The Morgan fingerprint density at radius 2 is 1.85 bits per heavy atom. The van der Waals surface area contributed by atoms with Crippen molar-refractivity contribution >= 4 is 23.1 Å². The SMILES string of the molecule is CC(NC1CCN(c2c(F)cccc2Cl)CC1)c1cn(C2CCCCO2)nc1NCc1ccccc1C(F)(F)F. The Morgan fingerprint density at radius 1 is 1.07 bits per heavy atom. The number of ether oxygens (including phenoxy) is 1. The number of aromatic nitrogens is 2. The molecule has 2 aliphatic heterocycles. The van der Waals surface area contributed by atoms with E-state index in [9.17, 15) is 17.6 Å². The van der Waals surface area contributed by atoms with Gasteiger partial charge in [-0.15, -0.1) is 0 Å². The van der Waals surface area contributed by atoms with Crippen molar-refractivity contribution in [2.45, 2.75) is 70.1 Å². The van der Waals surface area contributed by atoms with Gasteiger partial charge in [0.05, 0.1) is 16.3 Å². The molecule has 0 amide bonds. The van der Waals surface area contributed by atoms with Crippen molar-refractivity contribution in [1.82, 2.24) is 15.1 Å². The molecule has 0 saturated carbocycles. The summed E-state index contributed by atoms with van der Waals surface area (Å²) in [5.74, 6) is 0.203. The Bertz CT molecular complexity index is 1270. The molecule has 3 heterocycles. The molecule has 2 fully saturated rings. The molecule has 0 radical (unpaired) electrons. The Kier molecular flexibility index (Phi) is 8.87. The van der Waals surface area contributed by atoms with Crippen molar-refractivity contribution in [2.75, 3.05) is 29.9 Å². The number of hydrogen-bond acceptors (Lipinski definition) is 5. The Balaban J connectivity index is 1.30. The molecule has 2 aromatic carbocycles. The summed E-state index contributed by atoms with van der Waals surface area (Å²) in [6.07, 6.45) is 1.72. The molecule has 0 aliphatic carbocycles. The third-order valence-corrected chi connectivity index (χ3v) is 7.99. The molecule has 6 nitrogen and oxygen atoms in total. The number of benzene rings is 2. The summed E-state index contributed by atoms with van der Waals surface area (Å²) in [6.45, 7) is 3.97. The summed E-state index contributed by atoms with van der Waals surface area (Å²) < 4.78 is 62.8. The Hall–Kier alpha value is -2.82. The van der Waals surface area contributed by atoms with Gasteiger partial charge in [0, 0.05) is 50.1 Å². The summed E-state index contributed by atoms with van der Waals surface area (Å²) in [5.41, 5.74) is 0.796. The van der Waals surface area contributed by atoms with E-state index in [0.29, 0.717) is 36.2 Å². The van der Waals surface area contributed by atoms with Gasteiger partial charge in [-0.3, -0.25) is 0 Å². The number of para-hydroxylation sites is 1. The number of hydrogen-bond donors (Lipinski definition) is 2. The van der Waals surface area contributed by atoms with E-state index in [0.717, 1.165) is 43.7 Å². The number of alkyl halides is 3. The zero-order valence-electron chi connectivity index (χ0n) is 22.4. The summed E-state index contributed by atoms with van der Waals surface area (Å²) in [7, 11) is 0. The van der Waals surface area contributed by atoms with Crippen LogP contribution < -0.4 is 15.5 Å². The average Bonchev–Trinajstić information content (AvgIpc) is 3.37. The summed E-state index contributed by atoms with van der Waals surface area (Å²) >= 11 is 6.27. The fourth-order valence-corrected chi connectivity index (χ4v) is 5.86. The standard InChI is InChI=1S/C29H34ClF4N5O/c1-19(36-21-12-14-38(15-13-21)27-24(30)9-6-10-25(27)31)22-18-39(26-11-4-5-16-40-26)37-28(22)35-17-20-7-2-3-8-23(20)29(32,33)34/h2-3,6-10,18-19,21,26,36H,4-5,11-17H2,1H3,(H,35,37). The minimum absolute atomic E-state index is 0.0142. The van der Waals surface area contributed by atoms with E-state index >= 15 is 0 Å². The number of anilines is 2. The maximum atomic E-state index is 14.4. The predicted octanol–water partition coefficient (Wildman–Crippen LogP) is 7.33. The maximum Gasteiger partial charge on any atom is 0.416 e. The number of halogens is 5. The molecule has 2 aliphatic rings. The van der Waals surface area contributed by atoms with Crippen LogP contribution in [0.1, 0.15) is 68.0 Å². The summed E-state index contributed by atoms with van der Waals surface area (Å²) in [6, 6.07) is 10.3. The van der Waals surface area contributed by atoms with E-state index in [1.54, 1.807) is 22.9 Å². The van der Waals surface area contributed by atoms with Crippen molar-refractivity contribution in [1.29, 1.82) is 0 Å². The van der Waals surface area contributed by atoms with Crippen LogP contribution in [0.2, 0.25) is 5.02 Å². The molecule has 40 heavy (non-hydrogen) atoms. The fraction of sp³-hybridized carbons (Fsp3) is 0.483. The topological polar surface area (TPSA) is 54.4 Å². The quantitative estimate of drug-likeness (QED) is 0.274. The summed E-state index contributed by atoms with van der Waals surface area (Å²) in [4.78, 5) is 1.98. The first kappa shape index (κ1) is 28.7. The molecule has 1 aromatic heterocycles. The fourth-order valence-electron chi connectivity index (χ4n) is 5.57. The largest absolute Gasteiger partial charge is 0.416 e. The van der Waals surface area contributed by atoms with E-state index in [1.807, 2.05) is 18.0 Å². The second kappa shape index (κ2) is 12.4. The van der Waals surface area contributed by atoms with Crippen LogP contribution in [0.3, 0.4) is 0 Å². The smallest absolute Gasteiger partial charge is 0.368 e. The third-order valence-electron chi connectivity index (χ3n) is 7.68. The highest BCUT2D eigenvalue weighted by atomic mass is 35.5. The molecule has 2 atom stereocenters. The normalized spacial score (nSPS) is 19.6. The molecule has 2 N–H and O–H groups in total. The molecule has 2 unspecified atom stereocenters. The van der Waals surface area contributed by atoms with Gasteiger partial charge in [0.15, 0.2) is 5.82 Å². The number of rotatable bonds is 8. The van der Waals surface area contributed by atoms with Crippen LogP contribution in [-0.4, -0.2) is 35.5 Å². The molecule has 0 spiro atoms. The highest BCUT2D eigenvalue weighted by molar-refractivity contribution is 6.33. The molecule has 0 bridgehead atoms. The first-order valence-electron chi connectivity index (χ1n) is 13.8. The van der Waals surface area contributed by atoms with E-state index in [2.05, 4.69) is 10.6 Å². The van der Waals surface area contributed by atoms with Gasteiger partial charge in [0.25, 0.3) is 0 Å². The summed E-state index contributed by atoms with van der Waals surface area (Å²) in [5, 5.41) is 12.0. The highest BCUT2D eigenvalue weighted by Gasteiger charge is 2.33. The predicted molar refractivity (Wildman–Crippen MR) is 148 cm³/mol. The lowest BCUT2D eigenvalue weighted by Crippen LogP contribution is -2.43. The van der Waals surface area contributed by atoms with Crippen LogP contribution in [0.5, 0.6) is 0 Å². The van der Waals surface area contributed by atoms with Crippen LogP contribution >= 0.6 is 11.6 Å². The minimum Gasteiger partial charge on any atom is -0.368 e. The second-order valence-electron chi connectivity index (χ2n) is 10.5. The number of nitrogens with one attached hydrogen (secondary N) is 2. The van der Waals surface area contributed by atoms with E-state index in [1.165, 1.54) is 18.2 Å². The third kappa shape index (κ3) is 6.56. The lowest BCUT2D eigenvalue weighted by Gasteiger charge is -2.35. The lowest BCUT2D eigenvalue weighted by molar-refractivity contribution is -0.138. The number of piperidine rings is 1. The van der Waals surface area contributed by atoms with Crippen molar-refractivity contribution < 1.29 is 22.3 Å². The van der Waals surface area contributed by atoms with Crippen molar-refractivity contribution in [3.05, 3.63) is 76.2 Å². The molecule has 11 heteroatoms. The van der Waals surface area contributed by atoms with Gasteiger partial charge in [-0.1, -0.05) is 35.9 Å². The zero-order valence-corrected chi connectivity index (χ0v) is 23.1. The van der Waals surface area contributed by atoms with Crippen molar-refractivity contribution in [3.63, 3.8) is 0 Å². The van der Waals surface area contributed by atoms with E-state index in [4.69, 9.17) is 21.4 Å². The first-order valence-corrected chi connectivity index (χ1v) is 14.1. The van der Waals surface area contributed by atoms with Crippen LogP contribution in [0.15, 0.2) is 48.7 Å². The van der Waals surface area contributed by atoms with E-state index < -0.39 is 11.7 Å². The zero-order chi connectivity index (χ0) is 28.3. The van der Waals surface area contributed by atoms with Gasteiger partial charge < -0.3 is 20.3 Å². The first-order chi connectivity index (χ1) is 19.2. The van der Waals surface area contributed by atoms with Crippen LogP contribution in [0, 0.1) is 5.82 Å². The molecule has 3 aromatic rings.